The monoisotopic (exact) mass is 244 g/mol. The van der Waals surface area contributed by atoms with E-state index in [0.29, 0.717) is 16.3 Å². The van der Waals surface area contributed by atoms with E-state index in [1.165, 1.54) is 6.26 Å². The summed E-state index contributed by atoms with van der Waals surface area (Å²) in [6.07, 6.45) is 5.61. The molecule has 0 fully saturated rings. The summed E-state index contributed by atoms with van der Waals surface area (Å²) in [5, 5.41) is 0. The Morgan fingerprint density at radius 1 is 1.33 bits per heavy atom. The predicted molar refractivity (Wildman–Crippen MR) is 63.9 cm³/mol. The van der Waals surface area contributed by atoms with Crippen molar-refractivity contribution in [2.24, 2.45) is 0 Å². The average molecular weight is 245 g/mol. The zero-order valence-electron chi connectivity index (χ0n) is 8.48. The summed E-state index contributed by atoms with van der Waals surface area (Å²) in [5.74, 6) is 0.539. The highest BCUT2D eigenvalue weighted by Crippen LogP contribution is 2.16. The minimum atomic E-state index is -3.15. The quantitative estimate of drug-likeness (QED) is 0.764. The summed E-state index contributed by atoms with van der Waals surface area (Å²) in [5.41, 5.74) is 0.713. The van der Waals surface area contributed by atoms with Crippen LogP contribution in [0.25, 0.3) is 6.08 Å². The normalized spacial score (nSPS) is 12.1. The topological polar surface area (TPSA) is 34.1 Å². The summed E-state index contributed by atoms with van der Waals surface area (Å²) >= 11 is 5.53. The van der Waals surface area contributed by atoms with Crippen LogP contribution in [-0.4, -0.2) is 20.6 Å². The maximum Gasteiger partial charge on any atom is 0.176 e. The lowest BCUT2D eigenvalue weighted by Crippen LogP contribution is -1.99. The molecule has 0 atom stereocenters. The molecule has 1 aromatic carbocycles. The summed E-state index contributed by atoms with van der Waals surface area (Å²) < 4.78 is 22.9. The highest BCUT2D eigenvalue weighted by molar-refractivity contribution is 7.90. The molecule has 2 nitrogen and oxygen atoms in total. The molecule has 0 bridgehead atoms. The third-order valence-corrected chi connectivity index (χ3v) is 3.28. The number of benzene rings is 1. The largest absolute Gasteiger partial charge is 0.224 e. The van der Waals surface area contributed by atoms with E-state index in [0.717, 1.165) is 6.42 Å². The van der Waals surface area contributed by atoms with Crippen molar-refractivity contribution in [3.63, 3.8) is 0 Å². The van der Waals surface area contributed by atoms with Gasteiger partial charge in [0.25, 0.3) is 0 Å². The molecule has 0 saturated heterocycles. The third kappa shape index (κ3) is 3.68. The van der Waals surface area contributed by atoms with Gasteiger partial charge in [0, 0.05) is 12.1 Å². The summed E-state index contributed by atoms with van der Waals surface area (Å²) in [6, 6.07) is 6.92. The van der Waals surface area contributed by atoms with Crippen molar-refractivity contribution in [3.05, 3.63) is 35.9 Å². The van der Waals surface area contributed by atoms with Crippen LogP contribution in [0, 0.1) is 0 Å². The Bertz CT molecular complexity index is 449. The van der Waals surface area contributed by atoms with Gasteiger partial charge < -0.3 is 0 Å². The van der Waals surface area contributed by atoms with Gasteiger partial charge in [-0.1, -0.05) is 30.4 Å². The molecule has 0 radical (unpaired) electrons. The maximum absolute atomic E-state index is 11.4. The molecule has 0 saturated carbocycles. The van der Waals surface area contributed by atoms with E-state index >= 15 is 0 Å². The number of sulfone groups is 1. The molecule has 0 N–H and O–H groups in total. The summed E-state index contributed by atoms with van der Waals surface area (Å²) in [7, 11) is -3.15. The van der Waals surface area contributed by atoms with E-state index in [9.17, 15) is 8.42 Å². The molecule has 0 aromatic heterocycles. The molecule has 0 aliphatic rings. The SMILES string of the molecule is CS(=O)(=O)c1ccccc1C=CCCCl. The van der Waals surface area contributed by atoms with Crippen LogP contribution in [0.4, 0.5) is 0 Å². The molecule has 1 rings (SSSR count). The molecule has 0 amide bonds. The molecule has 4 heteroatoms. The predicted octanol–water partition coefficient (Wildman–Crippen LogP) is 2.73. The lowest BCUT2D eigenvalue weighted by atomic mass is 10.2. The Kier molecular flexibility index (Phi) is 4.36. The van der Waals surface area contributed by atoms with Crippen LogP contribution < -0.4 is 0 Å². The maximum atomic E-state index is 11.4. The molecule has 0 heterocycles. The second-order valence-electron chi connectivity index (χ2n) is 3.19. The van der Waals surface area contributed by atoms with E-state index in [1.54, 1.807) is 24.3 Å². The van der Waals surface area contributed by atoms with Crippen LogP contribution in [0.5, 0.6) is 0 Å². The zero-order chi connectivity index (χ0) is 11.3. The third-order valence-electron chi connectivity index (χ3n) is 1.89. The number of halogens is 1. The molecule has 1 aromatic rings. The molecule has 0 aliphatic carbocycles. The first-order valence-electron chi connectivity index (χ1n) is 4.57. The van der Waals surface area contributed by atoms with Crippen molar-refractivity contribution in [1.29, 1.82) is 0 Å². The number of allylic oxidation sites excluding steroid dienone is 1. The van der Waals surface area contributed by atoms with Crippen LogP contribution in [0.15, 0.2) is 35.2 Å². The van der Waals surface area contributed by atoms with Gasteiger partial charge in [-0.2, -0.15) is 0 Å². The van der Waals surface area contributed by atoms with Crippen molar-refractivity contribution in [3.8, 4) is 0 Å². The van der Waals surface area contributed by atoms with Crippen molar-refractivity contribution in [1.82, 2.24) is 0 Å². The molecular weight excluding hydrogens is 232 g/mol. The van der Waals surface area contributed by atoms with E-state index < -0.39 is 9.84 Å². The number of rotatable bonds is 4. The molecule has 82 valence electrons. The highest BCUT2D eigenvalue weighted by Gasteiger charge is 2.09. The van der Waals surface area contributed by atoms with Gasteiger partial charge in [0.2, 0.25) is 0 Å². The van der Waals surface area contributed by atoms with Gasteiger partial charge in [-0.15, -0.1) is 11.6 Å². The molecule has 0 unspecified atom stereocenters. The molecular formula is C11H13ClO2S. The Morgan fingerprint density at radius 2 is 2.00 bits per heavy atom. The fraction of sp³-hybridized carbons (Fsp3) is 0.273. The lowest BCUT2D eigenvalue weighted by Gasteiger charge is -2.02. The summed E-state index contributed by atoms with van der Waals surface area (Å²) in [6.45, 7) is 0. The molecule has 0 spiro atoms. The van der Waals surface area contributed by atoms with Gasteiger partial charge in [0.15, 0.2) is 9.84 Å². The Labute approximate surface area is 95.5 Å². The van der Waals surface area contributed by atoms with E-state index in [-0.39, 0.29) is 0 Å². The van der Waals surface area contributed by atoms with Gasteiger partial charge in [0.05, 0.1) is 4.90 Å². The fourth-order valence-electron chi connectivity index (χ4n) is 1.23. The van der Waals surface area contributed by atoms with Gasteiger partial charge in [-0.3, -0.25) is 0 Å². The van der Waals surface area contributed by atoms with Crippen LogP contribution in [0.3, 0.4) is 0 Å². The van der Waals surface area contributed by atoms with Crippen molar-refractivity contribution >= 4 is 27.5 Å². The van der Waals surface area contributed by atoms with E-state index in [4.69, 9.17) is 11.6 Å². The van der Waals surface area contributed by atoms with Gasteiger partial charge >= 0.3 is 0 Å². The minimum Gasteiger partial charge on any atom is -0.224 e. The van der Waals surface area contributed by atoms with Crippen LogP contribution >= 0.6 is 11.6 Å². The fourth-order valence-corrected chi connectivity index (χ4v) is 2.25. The van der Waals surface area contributed by atoms with Crippen LogP contribution in [0.1, 0.15) is 12.0 Å². The van der Waals surface area contributed by atoms with Crippen LogP contribution in [0.2, 0.25) is 0 Å². The van der Waals surface area contributed by atoms with E-state index in [2.05, 4.69) is 0 Å². The van der Waals surface area contributed by atoms with E-state index in [1.807, 2.05) is 12.1 Å². The second kappa shape index (κ2) is 5.33. The average Bonchev–Trinajstić information content (AvgIpc) is 2.17. The Morgan fingerprint density at radius 3 is 2.60 bits per heavy atom. The summed E-state index contributed by atoms with van der Waals surface area (Å²) in [4.78, 5) is 0.357. The van der Waals surface area contributed by atoms with Crippen molar-refractivity contribution in [2.75, 3.05) is 12.1 Å². The number of hydrogen-bond donors (Lipinski definition) is 0. The first kappa shape index (κ1) is 12.3. The van der Waals surface area contributed by atoms with Gasteiger partial charge in [-0.05, 0) is 18.1 Å². The smallest absolute Gasteiger partial charge is 0.176 e. The van der Waals surface area contributed by atoms with Crippen molar-refractivity contribution < 1.29 is 8.42 Å². The van der Waals surface area contributed by atoms with Crippen molar-refractivity contribution in [2.45, 2.75) is 11.3 Å². The van der Waals surface area contributed by atoms with Gasteiger partial charge in [0.1, 0.15) is 0 Å². The van der Waals surface area contributed by atoms with Gasteiger partial charge in [-0.25, -0.2) is 8.42 Å². The molecule has 0 aliphatic heterocycles. The zero-order valence-corrected chi connectivity index (χ0v) is 10.1. The first-order valence-corrected chi connectivity index (χ1v) is 7.00. The molecule has 15 heavy (non-hydrogen) atoms. The number of hydrogen-bond acceptors (Lipinski definition) is 2. The number of alkyl halides is 1. The van der Waals surface area contributed by atoms with Crippen LogP contribution in [-0.2, 0) is 9.84 Å². The first-order chi connectivity index (χ1) is 7.05. The second-order valence-corrected chi connectivity index (χ2v) is 5.55. The Balaban J connectivity index is 3.08. The Hall–Kier alpha value is -0.800. The lowest BCUT2D eigenvalue weighted by molar-refractivity contribution is 0.601. The standard InChI is InChI=1S/C11H13ClO2S/c1-15(13,14)11-8-3-2-6-10(11)7-4-5-9-12/h2-4,6-8H,5,9H2,1H3. The highest BCUT2D eigenvalue weighted by atomic mass is 35.5. The minimum absolute atomic E-state index is 0.357.